The second kappa shape index (κ2) is 7.87. The molecule has 4 nitrogen and oxygen atoms in total. The summed E-state index contributed by atoms with van der Waals surface area (Å²) >= 11 is 1.75. The third kappa shape index (κ3) is 4.49. The van der Waals surface area contributed by atoms with Crippen LogP contribution in [-0.4, -0.2) is 28.5 Å². The standard InChI is InChI=1S/C13H21N3OS/c1-3-6-16-10-11(14)9-12(16)13(17)15-5-8-18-7-4-2/h4,9-10H,2-3,5-8,14H2,1H3,(H,15,17). The van der Waals surface area contributed by atoms with Gasteiger partial charge in [-0.15, -0.1) is 6.58 Å². The lowest BCUT2D eigenvalue weighted by Gasteiger charge is -2.08. The SMILES string of the molecule is C=CCSCCNC(=O)c1cc(N)cn1CCC. The smallest absolute Gasteiger partial charge is 0.268 e. The molecule has 0 spiro atoms. The maximum Gasteiger partial charge on any atom is 0.268 e. The van der Waals surface area contributed by atoms with Crippen LogP contribution in [0.15, 0.2) is 24.9 Å². The molecule has 0 fully saturated rings. The Morgan fingerprint density at radius 2 is 2.44 bits per heavy atom. The summed E-state index contributed by atoms with van der Waals surface area (Å²) in [7, 11) is 0. The van der Waals surface area contributed by atoms with Gasteiger partial charge in [-0.05, 0) is 12.5 Å². The Bertz CT molecular complexity index is 401. The maximum absolute atomic E-state index is 12.0. The number of amides is 1. The van der Waals surface area contributed by atoms with Gasteiger partial charge in [-0.1, -0.05) is 13.0 Å². The quantitative estimate of drug-likeness (QED) is 0.560. The summed E-state index contributed by atoms with van der Waals surface area (Å²) in [6.07, 6.45) is 4.65. The van der Waals surface area contributed by atoms with Crippen LogP contribution in [0, 0.1) is 0 Å². The van der Waals surface area contributed by atoms with E-state index in [4.69, 9.17) is 5.73 Å². The third-order valence-electron chi connectivity index (χ3n) is 2.38. The van der Waals surface area contributed by atoms with E-state index in [1.165, 1.54) is 0 Å². The molecule has 0 atom stereocenters. The van der Waals surface area contributed by atoms with Gasteiger partial charge in [0, 0.05) is 30.8 Å². The molecule has 0 aliphatic rings. The zero-order chi connectivity index (χ0) is 13.4. The van der Waals surface area contributed by atoms with Crippen LogP contribution in [0.2, 0.25) is 0 Å². The van der Waals surface area contributed by atoms with Crippen molar-refractivity contribution >= 4 is 23.4 Å². The van der Waals surface area contributed by atoms with Crippen LogP contribution in [0.4, 0.5) is 5.69 Å². The van der Waals surface area contributed by atoms with E-state index in [0.717, 1.165) is 24.5 Å². The van der Waals surface area contributed by atoms with Crippen LogP contribution in [0.1, 0.15) is 23.8 Å². The Hall–Kier alpha value is -1.36. The molecule has 1 aromatic heterocycles. The van der Waals surface area contributed by atoms with E-state index >= 15 is 0 Å². The van der Waals surface area contributed by atoms with Gasteiger partial charge in [-0.25, -0.2) is 0 Å². The first-order valence-electron chi connectivity index (χ1n) is 6.11. The summed E-state index contributed by atoms with van der Waals surface area (Å²) in [5.41, 5.74) is 7.00. The minimum atomic E-state index is -0.0562. The average molecular weight is 267 g/mol. The van der Waals surface area contributed by atoms with E-state index in [1.54, 1.807) is 17.8 Å². The molecule has 3 N–H and O–H groups in total. The predicted molar refractivity (Wildman–Crippen MR) is 79.0 cm³/mol. The zero-order valence-corrected chi connectivity index (χ0v) is 11.6. The molecule has 1 aromatic rings. The number of hydrogen-bond acceptors (Lipinski definition) is 3. The summed E-state index contributed by atoms with van der Waals surface area (Å²) in [5, 5.41) is 2.90. The van der Waals surface area contributed by atoms with Crippen LogP contribution in [0.25, 0.3) is 0 Å². The second-order valence-corrected chi connectivity index (χ2v) is 5.12. The number of carbonyl (C=O) groups excluding carboxylic acids is 1. The highest BCUT2D eigenvalue weighted by molar-refractivity contribution is 7.99. The number of thioether (sulfide) groups is 1. The topological polar surface area (TPSA) is 60.1 Å². The lowest BCUT2D eigenvalue weighted by atomic mass is 10.3. The van der Waals surface area contributed by atoms with E-state index in [-0.39, 0.29) is 5.91 Å². The van der Waals surface area contributed by atoms with Crippen molar-refractivity contribution in [3.05, 3.63) is 30.6 Å². The lowest BCUT2D eigenvalue weighted by molar-refractivity contribution is 0.0947. The molecule has 0 aromatic carbocycles. The fraction of sp³-hybridized carbons (Fsp3) is 0.462. The third-order valence-corrected chi connectivity index (χ3v) is 3.35. The largest absolute Gasteiger partial charge is 0.397 e. The Balaban J connectivity index is 2.47. The van der Waals surface area contributed by atoms with E-state index in [9.17, 15) is 4.79 Å². The normalized spacial score (nSPS) is 10.3. The Morgan fingerprint density at radius 1 is 1.67 bits per heavy atom. The molecule has 0 aliphatic carbocycles. The monoisotopic (exact) mass is 267 g/mol. The Kier molecular flexibility index (Phi) is 6.43. The number of nitrogen functional groups attached to an aromatic ring is 1. The minimum Gasteiger partial charge on any atom is -0.397 e. The Morgan fingerprint density at radius 3 is 3.11 bits per heavy atom. The molecule has 1 rings (SSSR count). The van der Waals surface area contributed by atoms with Gasteiger partial charge >= 0.3 is 0 Å². The molecular weight excluding hydrogens is 246 g/mol. The molecule has 5 heteroatoms. The van der Waals surface area contributed by atoms with Crippen molar-refractivity contribution in [2.45, 2.75) is 19.9 Å². The van der Waals surface area contributed by atoms with E-state index < -0.39 is 0 Å². The van der Waals surface area contributed by atoms with Gasteiger partial charge in [-0.3, -0.25) is 4.79 Å². The van der Waals surface area contributed by atoms with Gasteiger partial charge in [-0.2, -0.15) is 11.8 Å². The van der Waals surface area contributed by atoms with Crippen LogP contribution in [0.3, 0.4) is 0 Å². The fourth-order valence-corrected chi connectivity index (χ4v) is 2.22. The summed E-state index contributed by atoms with van der Waals surface area (Å²) < 4.78 is 1.90. The highest BCUT2D eigenvalue weighted by atomic mass is 32.2. The number of nitrogens with one attached hydrogen (secondary N) is 1. The molecule has 1 heterocycles. The number of carbonyl (C=O) groups is 1. The molecule has 18 heavy (non-hydrogen) atoms. The van der Waals surface area contributed by atoms with Crippen LogP contribution < -0.4 is 11.1 Å². The lowest BCUT2D eigenvalue weighted by Crippen LogP contribution is -2.27. The highest BCUT2D eigenvalue weighted by Gasteiger charge is 2.11. The fourth-order valence-electron chi connectivity index (χ4n) is 1.64. The first-order valence-corrected chi connectivity index (χ1v) is 7.27. The van der Waals surface area contributed by atoms with Crippen molar-refractivity contribution in [2.75, 3.05) is 23.8 Å². The summed E-state index contributed by atoms with van der Waals surface area (Å²) in [6, 6.07) is 1.72. The van der Waals surface area contributed by atoms with Crippen molar-refractivity contribution in [3.8, 4) is 0 Å². The zero-order valence-electron chi connectivity index (χ0n) is 10.8. The number of anilines is 1. The first kappa shape index (κ1) is 14.7. The van der Waals surface area contributed by atoms with Gasteiger partial charge in [0.15, 0.2) is 0 Å². The van der Waals surface area contributed by atoms with Gasteiger partial charge in [0.1, 0.15) is 5.69 Å². The van der Waals surface area contributed by atoms with Gasteiger partial charge in [0.05, 0.1) is 5.69 Å². The molecule has 0 saturated carbocycles. The van der Waals surface area contributed by atoms with Crippen molar-refractivity contribution < 1.29 is 4.79 Å². The minimum absolute atomic E-state index is 0.0562. The number of hydrogen-bond donors (Lipinski definition) is 2. The number of aryl methyl sites for hydroxylation is 1. The van der Waals surface area contributed by atoms with Crippen molar-refractivity contribution in [1.82, 2.24) is 9.88 Å². The average Bonchev–Trinajstić information content (AvgIpc) is 2.70. The van der Waals surface area contributed by atoms with E-state index in [2.05, 4.69) is 18.8 Å². The summed E-state index contributed by atoms with van der Waals surface area (Å²) in [6.45, 7) is 7.20. The van der Waals surface area contributed by atoms with Gasteiger partial charge in [0.25, 0.3) is 5.91 Å². The molecule has 0 unspecified atom stereocenters. The van der Waals surface area contributed by atoms with Crippen LogP contribution in [-0.2, 0) is 6.54 Å². The number of rotatable bonds is 8. The number of nitrogens with two attached hydrogens (primary N) is 1. The van der Waals surface area contributed by atoms with Crippen molar-refractivity contribution in [3.63, 3.8) is 0 Å². The van der Waals surface area contributed by atoms with Crippen LogP contribution >= 0.6 is 11.8 Å². The summed E-state index contributed by atoms with van der Waals surface area (Å²) in [4.78, 5) is 12.0. The maximum atomic E-state index is 12.0. The van der Waals surface area contributed by atoms with Crippen molar-refractivity contribution in [1.29, 1.82) is 0 Å². The molecular formula is C13H21N3OS. The van der Waals surface area contributed by atoms with Gasteiger partial charge < -0.3 is 15.6 Å². The summed E-state index contributed by atoms with van der Waals surface area (Å²) in [5.74, 6) is 1.75. The first-order chi connectivity index (χ1) is 8.69. The molecule has 0 radical (unpaired) electrons. The Labute approximate surface area is 113 Å². The van der Waals surface area contributed by atoms with E-state index in [1.807, 2.05) is 16.8 Å². The van der Waals surface area contributed by atoms with E-state index in [0.29, 0.717) is 17.9 Å². The molecule has 0 aliphatic heterocycles. The molecule has 100 valence electrons. The molecule has 0 bridgehead atoms. The van der Waals surface area contributed by atoms with Gasteiger partial charge in [0.2, 0.25) is 0 Å². The molecule has 1 amide bonds. The predicted octanol–water partition coefficient (Wildman–Crippen LogP) is 2.13. The van der Waals surface area contributed by atoms with Crippen molar-refractivity contribution in [2.24, 2.45) is 0 Å². The number of nitrogens with zero attached hydrogens (tertiary/aromatic N) is 1. The second-order valence-electron chi connectivity index (χ2n) is 3.97. The highest BCUT2D eigenvalue weighted by Crippen LogP contribution is 2.11. The number of aromatic nitrogens is 1. The molecule has 0 saturated heterocycles. The van der Waals surface area contributed by atoms with Crippen LogP contribution in [0.5, 0.6) is 0 Å².